The number of nitrogens with zero attached hydrogens (tertiary/aromatic N) is 1. The lowest BCUT2D eigenvalue weighted by molar-refractivity contribution is -0.122. The van der Waals surface area contributed by atoms with E-state index in [1.165, 1.54) is 19.5 Å². The summed E-state index contributed by atoms with van der Waals surface area (Å²) in [5, 5.41) is 3.10. The van der Waals surface area contributed by atoms with Crippen molar-refractivity contribution in [3.63, 3.8) is 0 Å². The average Bonchev–Trinajstić information content (AvgIpc) is 3.14. The number of nitrogens with one attached hydrogen (secondary N) is 1. The molecule has 1 N–H and O–H groups in total. The second-order valence-electron chi connectivity index (χ2n) is 5.31. The third-order valence-corrected chi connectivity index (χ3v) is 3.77. The number of likely N-dealkylation sites (tertiary alicyclic amines) is 1. The van der Waals surface area contributed by atoms with Gasteiger partial charge in [0, 0.05) is 19.0 Å². The van der Waals surface area contributed by atoms with Gasteiger partial charge < -0.3 is 10.2 Å². The molecule has 0 spiro atoms. The number of hydrogen-bond acceptors (Lipinski definition) is 2. The highest BCUT2D eigenvalue weighted by Gasteiger charge is 2.31. The minimum absolute atomic E-state index is 0.293. The van der Waals surface area contributed by atoms with Crippen LogP contribution in [0.1, 0.15) is 40.0 Å². The van der Waals surface area contributed by atoms with Crippen molar-refractivity contribution >= 4 is 5.91 Å². The molecule has 0 radical (unpaired) electrons. The fourth-order valence-corrected chi connectivity index (χ4v) is 2.43. The van der Waals surface area contributed by atoms with E-state index in [2.05, 4.69) is 24.2 Å². The first-order valence-electron chi connectivity index (χ1n) is 7.13. The predicted octanol–water partition coefficient (Wildman–Crippen LogP) is 2.13. The second-order valence-corrected chi connectivity index (χ2v) is 5.31. The Bertz CT molecular complexity index is 238. The zero-order chi connectivity index (χ0) is 12.8. The summed E-state index contributed by atoms with van der Waals surface area (Å²) in [4.78, 5) is 13.9. The van der Waals surface area contributed by atoms with Gasteiger partial charge in [0.1, 0.15) is 0 Å². The molecule has 2 rings (SSSR count). The number of carbonyl (C=O) groups is 1. The molecule has 3 nitrogen and oxygen atoms in total. The van der Waals surface area contributed by atoms with E-state index in [1.54, 1.807) is 0 Å². The lowest BCUT2D eigenvalue weighted by Crippen LogP contribution is -2.42. The molecule has 3 heteroatoms. The highest BCUT2D eigenvalue weighted by molar-refractivity contribution is 5.80. The summed E-state index contributed by atoms with van der Waals surface area (Å²) in [6.45, 7) is 9.53. The Morgan fingerprint density at radius 3 is 2.47 bits per heavy atom. The smallest absolute Gasteiger partial charge is 0.223 e. The van der Waals surface area contributed by atoms with Crippen molar-refractivity contribution < 1.29 is 4.79 Å². The Hall–Kier alpha value is -0.570. The molecule has 0 aromatic rings. The SMILES string of the molecule is CC.CC1CN(C)CCC1CNC(=O)C1CC1. The molecule has 0 aromatic heterocycles. The summed E-state index contributed by atoms with van der Waals surface area (Å²) < 4.78 is 0. The van der Waals surface area contributed by atoms with E-state index < -0.39 is 0 Å². The first kappa shape index (κ1) is 14.5. The van der Waals surface area contributed by atoms with Gasteiger partial charge in [0.05, 0.1) is 0 Å². The molecule has 1 saturated heterocycles. The molecule has 2 aliphatic rings. The number of amides is 1. The molecule has 1 amide bonds. The molecule has 2 unspecified atom stereocenters. The Morgan fingerprint density at radius 1 is 1.29 bits per heavy atom. The number of piperidine rings is 1. The molecule has 100 valence electrons. The largest absolute Gasteiger partial charge is 0.356 e. The maximum atomic E-state index is 11.5. The summed E-state index contributed by atoms with van der Waals surface area (Å²) >= 11 is 0. The van der Waals surface area contributed by atoms with Gasteiger partial charge in [-0.05, 0) is 44.7 Å². The van der Waals surface area contributed by atoms with Crippen molar-refractivity contribution in [3.8, 4) is 0 Å². The third kappa shape index (κ3) is 4.66. The number of hydrogen-bond donors (Lipinski definition) is 1. The average molecular weight is 240 g/mol. The van der Waals surface area contributed by atoms with Crippen LogP contribution in [0.25, 0.3) is 0 Å². The second kappa shape index (κ2) is 7.00. The minimum Gasteiger partial charge on any atom is -0.356 e. The van der Waals surface area contributed by atoms with Crippen LogP contribution in [0, 0.1) is 17.8 Å². The van der Waals surface area contributed by atoms with Crippen molar-refractivity contribution in [1.29, 1.82) is 0 Å². The van der Waals surface area contributed by atoms with Crippen LogP contribution in [0.5, 0.6) is 0 Å². The predicted molar refractivity (Wildman–Crippen MR) is 71.8 cm³/mol. The van der Waals surface area contributed by atoms with Crippen LogP contribution in [0.2, 0.25) is 0 Å². The van der Waals surface area contributed by atoms with Crippen LogP contribution in [0.4, 0.5) is 0 Å². The standard InChI is InChI=1S/C12H22N2O.C2H6/c1-9-8-14(2)6-5-11(9)7-13-12(15)10-3-4-10;1-2/h9-11H,3-8H2,1-2H3,(H,13,15);1-2H3. The minimum atomic E-state index is 0.293. The zero-order valence-electron chi connectivity index (χ0n) is 11.8. The first-order valence-corrected chi connectivity index (χ1v) is 7.13. The molecular weight excluding hydrogens is 212 g/mol. The lowest BCUT2D eigenvalue weighted by atomic mass is 9.87. The van der Waals surface area contributed by atoms with E-state index in [0.29, 0.717) is 23.7 Å². The van der Waals surface area contributed by atoms with Gasteiger partial charge >= 0.3 is 0 Å². The Balaban J connectivity index is 0.000000686. The van der Waals surface area contributed by atoms with Gasteiger partial charge in [-0.25, -0.2) is 0 Å². The molecule has 2 atom stereocenters. The summed E-state index contributed by atoms with van der Waals surface area (Å²) in [5.41, 5.74) is 0. The van der Waals surface area contributed by atoms with Gasteiger partial charge in [-0.1, -0.05) is 20.8 Å². The van der Waals surface area contributed by atoms with Gasteiger partial charge in [0.15, 0.2) is 0 Å². The van der Waals surface area contributed by atoms with Crippen LogP contribution in [0.15, 0.2) is 0 Å². The molecule has 1 saturated carbocycles. The Morgan fingerprint density at radius 2 is 1.94 bits per heavy atom. The van der Waals surface area contributed by atoms with Gasteiger partial charge in [-0.3, -0.25) is 4.79 Å². The molecular formula is C14H28N2O. The molecule has 1 aliphatic heterocycles. The van der Waals surface area contributed by atoms with E-state index in [4.69, 9.17) is 0 Å². The van der Waals surface area contributed by atoms with Crippen molar-refractivity contribution in [2.75, 3.05) is 26.7 Å². The van der Waals surface area contributed by atoms with Gasteiger partial charge in [0.25, 0.3) is 0 Å². The molecule has 0 aromatic carbocycles. The first-order chi connectivity index (χ1) is 8.16. The molecule has 17 heavy (non-hydrogen) atoms. The van der Waals surface area contributed by atoms with Crippen LogP contribution >= 0.6 is 0 Å². The molecule has 1 aliphatic carbocycles. The molecule has 1 heterocycles. The van der Waals surface area contributed by atoms with Crippen LogP contribution in [-0.4, -0.2) is 37.5 Å². The van der Waals surface area contributed by atoms with E-state index in [-0.39, 0.29) is 0 Å². The summed E-state index contributed by atoms with van der Waals surface area (Å²) in [5.74, 6) is 2.04. The van der Waals surface area contributed by atoms with E-state index >= 15 is 0 Å². The highest BCUT2D eigenvalue weighted by Crippen LogP contribution is 2.29. The number of rotatable bonds is 3. The fraction of sp³-hybridized carbons (Fsp3) is 0.929. The van der Waals surface area contributed by atoms with Gasteiger partial charge in [0.2, 0.25) is 5.91 Å². The number of carbonyl (C=O) groups excluding carboxylic acids is 1. The third-order valence-electron chi connectivity index (χ3n) is 3.77. The van der Waals surface area contributed by atoms with Crippen molar-refractivity contribution in [3.05, 3.63) is 0 Å². The lowest BCUT2D eigenvalue weighted by Gasteiger charge is -2.34. The maximum absolute atomic E-state index is 11.5. The molecule has 0 bridgehead atoms. The topological polar surface area (TPSA) is 32.3 Å². The van der Waals surface area contributed by atoms with Crippen molar-refractivity contribution in [2.45, 2.75) is 40.0 Å². The van der Waals surface area contributed by atoms with Gasteiger partial charge in [-0.15, -0.1) is 0 Å². The quantitative estimate of drug-likeness (QED) is 0.819. The van der Waals surface area contributed by atoms with E-state index in [0.717, 1.165) is 19.4 Å². The maximum Gasteiger partial charge on any atom is 0.223 e. The van der Waals surface area contributed by atoms with Crippen LogP contribution in [0.3, 0.4) is 0 Å². The monoisotopic (exact) mass is 240 g/mol. The van der Waals surface area contributed by atoms with Gasteiger partial charge in [-0.2, -0.15) is 0 Å². The van der Waals surface area contributed by atoms with E-state index in [9.17, 15) is 4.79 Å². The van der Waals surface area contributed by atoms with Crippen molar-refractivity contribution in [2.24, 2.45) is 17.8 Å². The fourth-order valence-electron chi connectivity index (χ4n) is 2.43. The van der Waals surface area contributed by atoms with Crippen molar-refractivity contribution in [1.82, 2.24) is 10.2 Å². The summed E-state index contributed by atoms with van der Waals surface area (Å²) in [7, 11) is 2.18. The normalized spacial score (nSPS) is 29.2. The van der Waals surface area contributed by atoms with E-state index in [1.807, 2.05) is 13.8 Å². The zero-order valence-corrected chi connectivity index (χ0v) is 11.8. The summed E-state index contributed by atoms with van der Waals surface area (Å²) in [6, 6.07) is 0. The Kier molecular flexibility index (Phi) is 5.96. The molecule has 2 fully saturated rings. The highest BCUT2D eigenvalue weighted by atomic mass is 16.2. The van der Waals surface area contributed by atoms with Crippen LogP contribution < -0.4 is 5.32 Å². The van der Waals surface area contributed by atoms with Crippen LogP contribution in [-0.2, 0) is 4.79 Å². The Labute approximate surface area is 106 Å². The summed E-state index contributed by atoms with van der Waals surface area (Å²) in [6.07, 6.45) is 3.44.